The van der Waals surface area contributed by atoms with Gasteiger partial charge in [0.15, 0.2) is 17.6 Å². The predicted molar refractivity (Wildman–Crippen MR) is 83.3 cm³/mol. The van der Waals surface area contributed by atoms with Gasteiger partial charge >= 0.3 is 12.0 Å². The lowest BCUT2D eigenvalue weighted by Crippen LogP contribution is -2.45. The summed E-state index contributed by atoms with van der Waals surface area (Å²) in [7, 11) is 0. The van der Waals surface area contributed by atoms with E-state index in [0.717, 1.165) is 5.56 Å². The van der Waals surface area contributed by atoms with E-state index in [0.29, 0.717) is 17.9 Å². The van der Waals surface area contributed by atoms with E-state index in [2.05, 4.69) is 0 Å². The summed E-state index contributed by atoms with van der Waals surface area (Å²) in [5.74, 6) is -0.246. The minimum absolute atomic E-state index is 0.0900. The number of hydrogen-bond donors (Lipinski definition) is 2. The fourth-order valence-electron chi connectivity index (χ4n) is 2.23. The van der Waals surface area contributed by atoms with Crippen LogP contribution in [0.5, 0.6) is 11.5 Å². The van der Waals surface area contributed by atoms with Gasteiger partial charge in [0, 0.05) is 6.42 Å². The molecule has 3 amide bonds. The summed E-state index contributed by atoms with van der Waals surface area (Å²) < 4.78 is 15.7. The van der Waals surface area contributed by atoms with Crippen LogP contribution in [0.15, 0.2) is 18.2 Å². The second-order valence-electron chi connectivity index (χ2n) is 5.70. The smallest absolute Gasteiger partial charge is 0.318 e. The van der Waals surface area contributed by atoms with Crippen molar-refractivity contribution in [2.75, 3.05) is 6.79 Å². The van der Waals surface area contributed by atoms with E-state index in [1.54, 1.807) is 26.0 Å². The Hall–Kier alpha value is -2.77. The molecule has 1 atom stereocenters. The van der Waals surface area contributed by atoms with E-state index in [4.69, 9.17) is 19.9 Å². The van der Waals surface area contributed by atoms with Crippen molar-refractivity contribution in [3.05, 3.63) is 23.8 Å². The number of fused-ring (bicyclic) bond motifs is 1. The highest BCUT2D eigenvalue weighted by Gasteiger charge is 2.27. The van der Waals surface area contributed by atoms with Gasteiger partial charge in [-0.3, -0.25) is 14.9 Å². The molecule has 0 unspecified atom stereocenters. The van der Waals surface area contributed by atoms with Gasteiger partial charge in [0.05, 0.1) is 0 Å². The molecule has 1 aliphatic heterocycles. The SMILES string of the molecule is CC(C)[C@H](OC(=O)CCc1ccc2c(c1)OCO2)C(=O)NC(N)=O. The molecule has 24 heavy (non-hydrogen) atoms. The Labute approximate surface area is 139 Å². The second kappa shape index (κ2) is 7.67. The number of esters is 1. The zero-order chi connectivity index (χ0) is 17.7. The maximum Gasteiger partial charge on any atom is 0.318 e. The third-order valence-corrected chi connectivity index (χ3v) is 3.42. The number of amides is 3. The number of urea groups is 1. The van der Waals surface area contributed by atoms with Crippen molar-refractivity contribution in [1.82, 2.24) is 5.32 Å². The van der Waals surface area contributed by atoms with E-state index < -0.39 is 24.0 Å². The lowest BCUT2D eigenvalue weighted by Gasteiger charge is -2.19. The molecule has 0 aromatic heterocycles. The fraction of sp³-hybridized carbons (Fsp3) is 0.438. The molecule has 0 spiro atoms. The number of carbonyl (C=O) groups is 3. The van der Waals surface area contributed by atoms with Gasteiger partial charge in [0.1, 0.15) is 0 Å². The fourth-order valence-corrected chi connectivity index (χ4v) is 2.23. The first kappa shape index (κ1) is 17.6. The monoisotopic (exact) mass is 336 g/mol. The number of ether oxygens (including phenoxy) is 3. The second-order valence-corrected chi connectivity index (χ2v) is 5.70. The van der Waals surface area contributed by atoms with Crippen LogP contribution in [0.1, 0.15) is 25.8 Å². The Morgan fingerprint density at radius 3 is 2.62 bits per heavy atom. The lowest BCUT2D eigenvalue weighted by atomic mass is 10.1. The first-order chi connectivity index (χ1) is 11.4. The van der Waals surface area contributed by atoms with Gasteiger partial charge in [-0.25, -0.2) is 4.79 Å². The maximum absolute atomic E-state index is 12.0. The van der Waals surface area contributed by atoms with Gasteiger partial charge in [0.2, 0.25) is 6.79 Å². The van der Waals surface area contributed by atoms with Gasteiger partial charge in [-0.05, 0) is 30.0 Å². The average molecular weight is 336 g/mol. The maximum atomic E-state index is 12.0. The van der Waals surface area contributed by atoms with Crippen molar-refractivity contribution < 1.29 is 28.6 Å². The molecule has 0 aliphatic carbocycles. The highest BCUT2D eigenvalue weighted by atomic mass is 16.7. The van der Waals surface area contributed by atoms with E-state index in [-0.39, 0.29) is 19.1 Å². The zero-order valence-electron chi connectivity index (χ0n) is 13.5. The van der Waals surface area contributed by atoms with Crippen LogP contribution in [0.3, 0.4) is 0 Å². The van der Waals surface area contributed by atoms with Crippen LogP contribution in [-0.2, 0) is 20.7 Å². The molecule has 2 rings (SSSR count). The molecule has 1 heterocycles. The van der Waals surface area contributed by atoms with Crippen LogP contribution >= 0.6 is 0 Å². The van der Waals surface area contributed by atoms with Crippen LogP contribution < -0.4 is 20.5 Å². The summed E-state index contributed by atoms with van der Waals surface area (Å²) in [5.41, 5.74) is 5.80. The Bertz CT molecular complexity index is 643. The number of rotatable bonds is 6. The van der Waals surface area contributed by atoms with Crippen molar-refractivity contribution in [1.29, 1.82) is 0 Å². The summed E-state index contributed by atoms with van der Waals surface area (Å²) in [6, 6.07) is 4.43. The van der Waals surface area contributed by atoms with E-state index in [9.17, 15) is 14.4 Å². The normalized spacial score (nSPS) is 13.5. The Morgan fingerprint density at radius 1 is 1.25 bits per heavy atom. The van der Waals surface area contributed by atoms with Crippen molar-refractivity contribution in [2.24, 2.45) is 11.7 Å². The van der Waals surface area contributed by atoms with Crippen molar-refractivity contribution in [3.63, 3.8) is 0 Å². The van der Waals surface area contributed by atoms with Gasteiger partial charge in [0.25, 0.3) is 5.91 Å². The topological polar surface area (TPSA) is 117 Å². The van der Waals surface area contributed by atoms with Crippen LogP contribution in [0.25, 0.3) is 0 Å². The molecule has 8 heteroatoms. The minimum atomic E-state index is -1.07. The van der Waals surface area contributed by atoms with Crippen LogP contribution in [0.4, 0.5) is 4.79 Å². The molecule has 0 saturated heterocycles. The lowest BCUT2D eigenvalue weighted by molar-refractivity contribution is -0.158. The largest absolute Gasteiger partial charge is 0.454 e. The van der Waals surface area contributed by atoms with Gasteiger partial charge < -0.3 is 19.9 Å². The highest BCUT2D eigenvalue weighted by molar-refractivity contribution is 5.96. The number of benzene rings is 1. The summed E-state index contributed by atoms with van der Waals surface area (Å²) >= 11 is 0. The molecule has 1 aromatic rings. The quantitative estimate of drug-likeness (QED) is 0.752. The van der Waals surface area contributed by atoms with Gasteiger partial charge in [-0.15, -0.1) is 0 Å². The summed E-state index contributed by atoms with van der Waals surface area (Å²) in [5, 5.41) is 1.92. The molecule has 1 aromatic carbocycles. The van der Waals surface area contributed by atoms with Gasteiger partial charge in [-0.1, -0.05) is 19.9 Å². The van der Waals surface area contributed by atoms with Crippen molar-refractivity contribution >= 4 is 17.9 Å². The van der Waals surface area contributed by atoms with E-state index in [1.165, 1.54) is 0 Å². The third-order valence-electron chi connectivity index (χ3n) is 3.42. The molecule has 0 fully saturated rings. The zero-order valence-corrected chi connectivity index (χ0v) is 13.5. The number of hydrogen-bond acceptors (Lipinski definition) is 6. The Kier molecular flexibility index (Phi) is 5.62. The molecule has 1 aliphatic rings. The predicted octanol–water partition coefficient (Wildman–Crippen LogP) is 1.11. The summed E-state index contributed by atoms with van der Waals surface area (Å²) in [6.45, 7) is 3.60. The summed E-state index contributed by atoms with van der Waals surface area (Å²) in [4.78, 5) is 34.5. The molecular weight excluding hydrogens is 316 g/mol. The molecular formula is C16H20N2O6. The molecule has 0 saturated carbocycles. The minimum Gasteiger partial charge on any atom is -0.454 e. The number of carbonyl (C=O) groups excluding carboxylic acids is 3. The number of nitrogens with one attached hydrogen (secondary N) is 1. The summed E-state index contributed by atoms with van der Waals surface area (Å²) in [6.07, 6.45) is -0.550. The van der Waals surface area contributed by atoms with Crippen molar-refractivity contribution in [2.45, 2.75) is 32.8 Å². The number of aryl methyl sites for hydroxylation is 1. The molecule has 3 N–H and O–H groups in total. The number of imide groups is 1. The molecule has 8 nitrogen and oxygen atoms in total. The molecule has 130 valence electrons. The number of primary amides is 1. The van der Waals surface area contributed by atoms with Gasteiger partial charge in [-0.2, -0.15) is 0 Å². The van der Waals surface area contributed by atoms with E-state index >= 15 is 0 Å². The first-order valence-corrected chi connectivity index (χ1v) is 7.55. The standard InChI is InChI=1S/C16H20N2O6/c1-9(2)14(15(20)18-16(17)21)24-13(19)6-4-10-3-5-11-12(7-10)23-8-22-11/h3,5,7,9,14H,4,6,8H2,1-2H3,(H3,17,18,20,21)/t14-/m0/s1. The molecule has 0 radical (unpaired) electrons. The first-order valence-electron chi connectivity index (χ1n) is 7.55. The Morgan fingerprint density at radius 2 is 1.96 bits per heavy atom. The van der Waals surface area contributed by atoms with E-state index in [1.807, 2.05) is 11.4 Å². The molecule has 0 bridgehead atoms. The highest BCUT2D eigenvalue weighted by Crippen LogP contribution is 2.32. The average Bonchev–Trinajstić information content (AvgIpc) is 2.97. The third kappa shape index (κ3) is 4.61. The van der Waals surface area contributed by atoms with Crippen LogP contribution in [0.2, 0.25) is 0 Å². The van der Waals surface area contributed by atoms with Crippen LogP contribution in [-0.4, -0.2) is 30.8 Å². The number of nitrogens with two attached hydrogens (primary N) is 1. The van der Waals surface area contributed by atoms with Crippen LogP contribution in [0, 0.1) is 5.92 Å². The Balaban J connectivity index is 1.89. The van der Waals surface area contributed by atoms with Crippen molar-refractivity contribution in [3.8, 4) is 11.5 Å².